The highest BCUT2D eigenvalue weighted by atomic mass is 16.2. The standard InChI is InChI=1S/C15H11NO2/c17-14-9-12-7-6-11(8-13(12)15(18)16-14)10-4-2-1-3-5-10/h1-8H,9H2,(H,16,17,18). The third-order valence-corrected chi connectivity index (χ3v) is 3.07. The Morgan fingerprint density at radius 1 is 0.889 bits per heavy atom. The lowest BCUT2D eigenvalue weighted by Crippen LogP contribution is -2.37. The molecule has 0 aliphatic carbocycles. The van der Waals surface area contributed by atoms with E-state index in [1.165, 1.54) is 0 Å². The van der Waals surface area contributed by atoms with Crippen molar-refractivity contribution in [1.29, 1.82) is 0 Å². The molecule has 0 saturated carbocycles. The van der Waals surface area contributed by atoms with Gasteiger partial charge in [0.05, 0.1) is 6.42 Å². The summed E-state index contributed by atoms with van der Waals surface area (Å²) in [6, 6.07) is 15.5. The first-order valence-electron chi connectivity index (χ1n) is 5.76. The van der Waals surface area contributed by atoms with Gasteiger partial charge in [0.25, 0.3) is 5.91 Å². The van der Waals surface area contributed by atoms with Crippen LogP contribution >= 0.6 is 0 Å². The largest absolute Gasteiger partial charge is 0.292 e. The molecule has 0 fully saturated rings. The SMILES string of the molecule is O=C1Cc2ccc(-c3ccccc3)cc2C(=O)N1. The first-order valence-corrected chi connectivity index (χ1v) is 5.76. The second kappa shape index (κ2) is 4.11. The summed E-state index contributed by atoms with van der Waals surface area (Å²) >= 11 is 0. The van der Waals surface area contributed by atoms with Gasteiger partial charge in [-0.2, -0.15) is 0 Å². The van der Waals surface area contributed by atoms with E-state index < -0.39 is 0 Å². The third-order valence-electron chi connectivity index (χ3n) is 3.07. The molecule has 1 N–H and O–H groups in total. The third kappa shape index (κ3) is 1.80. The molecular formula is C15H11NO2. The number of amides is 2. The van der Waals surface area contributed by atoms with Gasteiger partial charge < -0.3 is 0 Å². The molecule has 0 spiro atoms. The second-order valence-corrected chi connectivity index (χ2v) is 4.29. The van der Waals surface area contributed by atoms with Crippen LogP contribution in [-0.4, -0.2) is 11.8 Å². The zero-order chi connectivity index (χ0) is 12.5. The predicted octanol–water partition coefficient (Wildman–Crippen LogP) is 2.17. The molecule has 88 valence electrons. The van der Waals surface area contributed by atoms with Crippen molar-refractivity contribution in [1.82, 2.24) is 5.32 Å². The van der Waals surface area contributed by atoms with E-state index in [9.17, 15) is 9.59 Å². The Kier molecular flexibility index (Phi) is 2.45. The summed E-state index contributed by atoms with van der Waals surface area (Å²) in [7, 11) is 0. The molecule has 1 aliphatic rings. The lowest BCUT2D eigenvalue weighted by molar-refractivity contribution is -0.119. The van der Waals surface area contributed by atoms with E-state index in [0.29, 0.717) is 5.56 Å². The van der Waals surface area contributed by atoms with Crippen LogP contribution in [-0.2, 0) is 11.2 Å². The first-order chi connectivity index (χ1) is 8.74. The molecule has 2 aromatic carbocycles. The van der Waals surface area contributed by atoms with Gasteiger partial charge >= 0.3 is 0 Å². The minimum absolute atomic E-state index is 0.236. The fourth-order valence-corrected chi connectivity index (χ4v) is 2.16. The molecule has 0 unspecified atom stereocenters. The van der Waals surface area contributed by atoms with Crippen LogP contribution in [0.25, 0.3) is 11.1 Å². The molecule has 1 aliphatic heterocycles. The lowest BCUT2D eigenvalue weighted by Gasteiger charge is -2.16. The quantitative estimate of drug-likeness (QED) is 0.772. The van der Waals surface area contributed by atoms with E-state index in [1.54, 1.807) is 0 Å². The fourth-order valence-electron chi connectivity index (χ4n) is 2.16. The minimum atomic E-state index is -0.306. The van der Waals surface area contributed by atoms with Crippen molar-refractivity contribution >= 4 is 11.8 Å². The van der Waals surface area contributed by atoms with Gasteiger partial charge in [0, 0.05) is 5.56 Å². The molecule has 0 atom stereocenters. The molecule has 3 nitrogen and oxygen atoms in total. The number of nitrogens with one attached hydrogen (secondary N) is 1. The van der Waals surface area contributed by atoms with E-state index in [0.717, 1.165) is 16.7 Å². The number of carbonyl (C=O) groups excluding carboxylic acids is 2. The molecule has 0 radical (unpaired) electrons. The van der Waals surface area contributed by atoms with Crippen molar-refractivity contribution in [3.8, 4) is 11.1 Å². The number of benzene rings is 2. The smallest absolute Gasteiger partial charge is 0.258 e. The monoisotopic (exact) mass is 237 g/mol. The zero-order valence-corrected chi connectivity index (χ0v) is 9.64. The average Bonchev–Trinajstić information content (AvgIpc) is 2.39. The van der Waals surface area contributed by atoms with Crippen molar-refractivity contribution in [2.24, 2.45) is 0 Å². The molecular weight excluding hydrogens is 226 g/mol. The number of imide groups is 1. The van der Waals surface area contributed by atoms with Gasteiger partial charge in [-0.3, -0.25) is 14.9 Å². The highest BCUT2D eigenvalue weighted by Crippen LogP contribution is 2.24. The van der Waals surface area contributed by atoms with Crippen LogP contribution in [0.5, 0.6) is 0 Å². The van der Waals surface area contributed by atoms with Gasteiger partial charge in [0.2, 0.25) is 5.91 Å². The van der Waals surface area contributed by atoms with Crippen LogP contribution in [0.1, 0.15) is 15.9 Å². The summed E-state index contributed by atoms with van der Waals surface area (Å²) < 4.78 is 0. The van der Waals surface area contributed by atoms with Crippen LogP contribution in [0.4, 0.5) is 0 Å². The lowest BCUT2D eigenvalue weighted by atomic mass is 9.95. The number of carbonyl (C=O) groups is 2. The van der Waals surface area contributed by atoms with Crippen LogP contribution in [0, 0.1) is 0 Å². The van der Waals surface area contributed by atoms with Crippen LogP contribution in [0.2, 0.25) is 0 Å². The predicted molar refractivity (Wildman–Crippen MR) is 68.1 cm³/mol. The summed E-state index contributed by atoms with van der Waals surface area (Å²) in [5.41, 5.74) is 3.43. The van der Waals surface area contributed by atoms with Crippen molar-refractivity contribution in [2.45, 2.75) is 6.42 Å². The van der Waals surface area contributed by atoms with E-state index in [4.69, 9.17) is 0 Å². The van der Waals surface area contributed by atoms with Crippen molar-refractivity contribution in [2.75, 3.05) is 0 Å². The van der Waals surface area contributed by atoms with Gasteiger partial charge in [-0.25, -0.2) is 0 Å². The van der Waals surface area contributed by atoms with Gasteiger partial charge in [0.15, 0.2) is 0 Å². The van der Waals surface area contributed by atoms with Gasteiger partial charge in [-0.05, 0) is 22.8 Å². The van der Waals surface area contributed by atoms with Gasteiger partial charge in [-0.1, -0.05) is 42.5 Å². The maximum atomic E-state index is 11.7. The highest BCUT2D eigenvalue weighted by Gasteiger charge is 2.22. The number of hydrogen-bond acceptors (Lipinski definition) is 2. The summed E-state index contributed by atoms with van der Waals surface area (Å²) in [4.78, 5) is 23.0. The number of fused-ring (bicyclic) bond motifs is 1. The molecule has 3 heteroatoms. The Bertz CT molecular complexity index is 632. The Hall–Kier alpha value is -2.42. The summed E-state index contributed by atoms with van der Waals surface area (Å²) in [5.74, 6) is -0.543. The topological polar surface area (TPSA) is 46.2 Å². The van der Waals surface area contributed by atoms with Gasteiger partial charge in [0.1, 0.15) is 0 Å². The number of rotatable bonds is 1. The maximum absolute atomic E-state index is 11.7. The molecule has 0 saturated heterocycles. The molecule has 2 aromatic rings. The van der Waals surface area contributed by atoms with Crippen molar-refractivity contribution in [3.63, 3.8) is 0 Å². The Balaban J connectivity index is 2.09. The van der Waals surface area contributed by atoms with Gasteiger partial charge in [-0.15, -0.1) is 0 Å². The molecule has 0 aromatic heterocycles. The number of hydrogen-bond donors (Lipinski definition) is 1. The molecule has 3 rings (SSSR count). The van der Waals surface area contributed by atoms with Crippen molar-refractivity contribution < 1.29 is 9.59 Å². The average molecular weight is 237 g/mol. The summed E-state index contributed by atoms with van der Waals surface area (Å²) in [6.07, 6.45) is 0.274. The Morgan fingerprint density at radius 2 is 1.67 bits per heavy atom. The van der Waals surface area contributed by atoms with Crippen LogP contribution < -0.4 is 5.32 Å². The second-order valence-electron chi connectivity index (χ2n) is 4.29. The zero-order valence-electron chi connectivity index (χ0n) is 9.64. The fraction of sp³-hybridized carbons (Fsp3) is 0.0667. The molecule has 0 bridgehead atoms. The van der Waals surface area contributed by atoms with E-state index >= 15 is 0 Å². The normalized spacial score (nSPS) is 14.0. The first kappa shape index (κ1) is 10.7. The summed E-state index contributed by atoms with van der Waals surface area (Å²) in [6.45, 7) is 0. The summed E-state index contributed by atoms with van der Waals surface area (Å²) in [5, 5.41) is 2.34. The van der Waals surface area contributed by atoms with Crippen LogP contribution in [0.15, 0.2) is 48.5 Å². The van der Waals surface area contributed by atoms with E-state index in [2.05, 4.69) is 5.32 Å². The Labute approximate surface area is 104 Å². The van der Waals surface area contributed by atoms with Crippen molar-refractivity contribution in [3.05, 3.63) is 59.7 Å². The van der Waals surface area contributed by atoms with Crippen LogP contribution in [0.3, 0.4) is 0 Å². The highest BCUT2D eigenvalue weighted by molar-refractivity contribution is 6.10. The Morgan fingerprint density at radius 3 is 2.44 bits per heavy atom. The molecule has 1 heterocycles. The van der Waals surface area contributed by atoms with E-state index in [1.807, 2.05) is 48.5 Å². The molecule has 2 amide bonds. The molecule has 18 heavy (non-hydrogen) atoms. The minimum Gasteiger partial charge on any atom is -0.292 e. The maximum Gasteiger partial charge on any atom is 0.258 e. The van der Waals surface area contributed by atoms with E-state index in [-0.39, 0.29) is 18.2 Å².